The van der Waals surface area contributed by atoms with Crippen molar-refractivity contribution in [2.45, 2.75) is 32.9 Å². The van der Waals surface area contributed by atoms with Gasteiger partial charge < -0.3 is 16.0 Å². The van der Waals surface area contributed by atoms with Gasteiger partial charge in [-0.3, -0.25) is 19.1 Å². The Morgan fingerprint density at radius 1 is 1.18 bits per heavy atom. The number of nitrogens with one attached hydrogen (secondary N) is 3. The van der Waals surface area contributed by atoms with Crippen LogP contribution in [0.3, 0.4) is 0 Å². The van der Waals surface area contributed by atoms with E-state index < -0.39 is 0 Å². The molecule has 148 valence electrons. The number of hydrogen-bond acceptors (Lipinski definition) is 4. The third-order valence-electron chi connectivity index (χ3n) is 4.66. The van der Waals surface area contributed by atoms with Crippen LogP contribution in [0.25, 0.3) is 0 Å². The minimum absolute atomic E-state index is 0.0406. The van der Waals surface area contributed by atoms with Crippen LogP contribution in [-0.2, 0) is 27.5 Å². The molecule has 28 heavy (non-hydrogen) atoms. The van der Waals surface area contributed by atoms with E-state index in [9.17, 15) is 14.4 Å². The van der Waals surface area contributed by atoms with Gasteiger partial charge in [-0.15, -0.1) is 0 Å². The number of amides is 3. The van der Waals surface area contributed by atoms with Gasteiger partial charge in [-0.1, -0.05) is 19.1 Å². The standard InChI is InChI=1S/C20H25N5O3/c1-14-10-17(14)20(28)21-8-6-18(26)22-12-15-4-2-5-16(11-15)24-19(27)13-25-9-3-7-23-25/h2-5,7,9,11,14,17H,6,8,10,12-13H2,1H3,(H,21,28)(H,22,26)(H,24,27). The summed E-state index contributed by atoms with van der Waals surface area (Å²) >= 11 is 0. The number of hydrogen-bond donors (Lipinski definition) is 3. The number of rotatable bonds is 9. The maximum Gasteiger partial charge on any atom is 0.246 e. The third kappa shape index (κ3) is 5.94. The summed E-state index contributed by atoms with van der Waals surface area (Å²) in [4.78, 5) is 35.7. The smallest absolute Gasteiger partial charge is 0.246 e. The summed E-state index contributed by atoms with van der Waals surface area (Å²) < 4.78 is 1.54. The lowest BCUT2D eigenvalue weighted by atomic mass is 10.2. The average molecular weight is 383 g/mol. The Hall–Kier alpha value is -3.16. The molecular weight excluding hydrogens is 358 g/mol. The zero-order valence-corrected chi connectivity index (χ0v) is 15.9. The highest BCUT2D eigenvalue weighted by Gasteiger charge is 2.38. The van der Waals surface area contributed by atoms with Crippen molar-refractivity contribution in [3.8, 4) is 0 Å². The minimum atomic E-state index is -0.175. The summed E-state index contributed by atoms with van der Waals surface area (Å²) in [5.41, 5.74) is 1.54. The van der Waals surface area contributed by atoms with Crippen molar-refractivity contribution >= 4 is 23.4 Å². The van der Waals surface area contributed by atoms with Gasteiger partial charge in [0.05, 0.1) is 0 Å². The van der Waals surface area contributed by atoms with E-state index in [-0.39, 0.29) is 36.6 Å². The molecule has 2 atom stereocenters. The maximum absolute atomic E-state index is 12.0. The van der Waals surface area contributed by atoms with E-state index >= 15 is 0 Å². The van der Waals surface area contributed by atoms with E-state index in [0.29, 0.717) is 24.7 Å². The molecule has 3 rings (SSSR count). The molecule has 0 saturated heterocycles. The Morgan fingerprint density at radius 2 is 2.00 bits per heavy atom. The molecule has 1 aliphatic carbocycles. The second kappa shape index (κ2) is 9.16. The number of nitrogens with zero attached hydrogens (tertiary/aromatic N) is 2. The predicted molar refractivity (Wildman–Crippen MR) is 104 cm³/mol. The molecular formula is C20H25N5O3. The van der Waals surface area contributed by atoms with Gasteiger partial charge in [0.15, 0.2) is 0 Å². The SMILES string of the molecule is CC1CC1C(=O)NCCC(=O)NCc1cccc(NC(=O)Cn2cccn2)c1. The van der Waals surface area contributed by atoms with E-state index in [1.165, 1.54) is 0 Å². The summed E-state index contributed by atoms with van der Waals surface area (Å²) in [5, 5.41) is 12.4. The lowest BCUT2D eigenvalue weighted by Gasteiger charge is -2.09. The lowest BCUT2D eigenvalue weighted by molar-refractivity contribution is -0.123. The van der Waals surface area contributed by atoms with Crippen molar-refractivity contribution in [1.82, 2.24) is 20.4 Å². The van der Waals surface area contributed by atoms with E-state index in [0.717, 1.165) is 12.0 Å². The van der Waals surface area contributed by atoms with Crippen molar-refractivity contribution in [1.29, 1.82) is 0 Å². The van der Waals surface area contributed by atoms with Crippen molar-refractivity contribution < 1.29 is 14.4 Å². The highest BCUT2D eigenvalue weighted by Crippen LogP contribution is 2.37. The monoisotopic (exact) mass is 383 g/mol. The average Bonchev–Trinajstić information content (AvgIpc) is 3.18. The molecule has 8 nitrogen and oxygen atoms in total. The van der Waals surface area contributed by atoms with Crippen LogP contribution in [0.15, 0.2) is 42.7 Å². The van der Waals surface area contributed by atoms with Gasteiger partial charge in [0, 0.05) is 43.5 Å². The summed E-state index contributed by atoms with van der Waals surface area (Å²) in [6, 6.07) is 9.06. The van der Waals surface area contributed by atoms with Gasteiger partial charge >= 0.3 is 0 Å². The second-order valence-electron chi connectivity index (χ2n) is 7.09. The van der Waals surface area contributed by atoms with Crippen molar-refractivity contribution in [3.05, 3.63) is 48.3 Å². The first kappa shape index (κ1) is 19.6. The van der Waals surface area contributed by atoms with Gasteiger partial charge in [0.25, 0.3) is 0 Å². The van der Waals surface area contributed by atoms with E-state index in [1.807, 2.05) is 25.1 Å². The molecule has 1 fully saturated rings. The largest absolute Gasteiger partial charge is 0.355 e. The summed E-state index contributed by atoms with van der Waals surface area (Å²) in [6.07, 6.45) is 4.52. The van der Waals surface area contributed by atoms with Crippen LogP contribution < -0.4 is 16.0 Å². The number of anilines is 1. The molecule has 2 aromatic rings. The lowest BCUT2D eigenvalue weighted by Crippen LogP contribution is -2.31. The Morgan fingerprint density at radius 3 is 2.71 bits per heavy atom. The van der Waals surface area contributed by atoms with Crippen LogP contribution in [0.1, 0.15) is 25.3 Å². The third-order valence-corrected chi connectivity index (χ3v) is 4.66. The van der Waals surface area contributed by atoms with Gasteiger partial charge in [-0.2, -0.15) is 5.10 Å². The molecule has 1 heterocycles. The Bertz CT molecular complexity index is 834. The predicted octanol–water partition coefficient (Wildman–Crippen LogP) is 1.30. The normalized spacial score (nSPS) is 17.6. The zero-order valence-electron chi connectivity index (χ0n) is 15.9. The van der Waals surface area contributed by atoms with Crippen LogP contribution >= 0.6 is 0 Å². The fraction of sp³-hybridized carbons (Fsp3) is 0.400. The molecule has 0 radical (unpaired) electrons. The number of aromatic nitrogens is 2. The maximum atomic E-state index is 12.0. The fourth-order valence-corrected chi connectivity index (χ4v) is 2.91. The summed E-state index contributed by atoms with van der Waals surface area (Å²) in [6.45, 7) is 2.89. The van der Waals surface area contributed by atoms with Crippen LogP contribution in [0, 0.1) is 11.8 Å². The molecule has 3 amide bonds. The topological polar surface area (TPSA) is 105 Å². The van der Waals surface area contributed by atoms with Crippen molar-refractivity contribution in [2.24, 2.45) is 11.8 Å². The molecule has 3 N–H and O–H groups in total. The fourth-order valence-electron chi connectivity index (χ4n) is 2.91. The zero-order chi connectivity index (χ0) is 19.9. The van der Waals surface area contributed by atoms with E-state index in [2.05, 4.69) is 21.0 Å². The van der Waals surface area contributed by atoms with Crippen LogP contribution in [0.2, 0.25) is 0 Å². The molecule has 2 unspecified atom stereocenters. The Kier molecular flexibility index (Phi) is 6.41. The Balaban J connectivity index is 1.38. The highest BCUT2D eigenvalue weighted by molar-refractivity contribution is 5.90. The van der Waals surface area contributed by atoms with Crippen LogP contribution in [0.4, 0.5) is 5.69 Å². The molecule has 0 aliphatic heterocycles. The number of carbonyl (C=O) groups is 3. The quantitative estimate of drug-likeness (QED) is 0.607. The van der Waals surface area contributed by atoms with Crippen LogP contribution in [0.5, 0.6) is 0 Å². The number of carbonyl (C=O) groups excluding carboxylic acids is 3. The van der Waals surface area contributed by atoms with Gasteiger partial charge in [0.1, 0.15) is 6.54 Å². The second-order valence-corrected chi connectivity index (χ2v) is 7.09. The molecule has 8 heteroatoms. The summed E-state index contributed by atoms with van der Waals surface area (Å²) in [5.74, 6) is 0.317. The first-order valence-corrected chi connectivity index (χ1v) is 9.42. The number of benzene rings is 1. The van der Waals surface area contributed by atoms with Crippen molar-refractivity contribution in [2.75, 3.05) is 11.9 Å². The molecule has 1 saturated carbocycles. The van der Waals surface area contributed by atoms with Gasteiger partial charge in [-0.05, 0) is 36.1 Å². The summed E-state index contributed by atoms with van der Waals surface area (Å²) in [7, 11) is 0. The van der Waals surface area contributed by atoms with E-state index in [4.69, 9.17) is 0 Å². The highest BCUT2D eigenvalue weighted by atomic mass is 16.2. The molecule has 1 aliphatic rings. The molecule has 1 aromatic carbocycles. The van der Waals surface area contributed by atoms with Crippen molar-refractivity contribution in [3.63, 3.8) is 0 Å². The van der Waals surface area contributed by atoms with Gasteiger partial charge in [-0.25, -0.2) is 0 Å². The molecule has 1 aromatic heterocycles. The first-order valence-electron chi connectivity index (χ1n) is 9.42. The van der Waals surface area contributed by atoms with Crippen LogP contribution in [-0.4, -0.2) is 34.0 Å². The van der Waals surface area contributed by atoms with Gasteiger partial charge in [0.2, 0.25) is 17.7 Å². The molecule has 0 spiro atoms. The minimum Gasteiger partial charge on any atom is -0.355 e. The first-order chi connectivity index (χ1) is 13.5. The van der Waals surface area contributed by atoms with E-state index in [1.54, 1.807) is 29.2 Å². The Labute approximate surface area is 163 Å². The molecule has 0 bridgehead atoms.